The number of aromatic nitrogens is 1. The van der Waals surface area contributed by atoms with Crippen LogP contribution in [0.5, 0.6) is 0 Å². The normalized spacial score (nSPS) is 12.7. The van der Waals surface area contributed by atoms with Gasteiger partial charge in [0.05, 0.1) is 5.69 Å². The molecule has 0 saturated heterocycles. The maximum Gasteiger partial charge on any atom is 0.0530 e. The fourth-order valence-corrected chi connectivity index (χ4v) is 2.00. The van der Waals surface area contributed by atoms with Gasteiger partial charge in [-0.25, -0.2) is 0 Å². The van der Waals surface area contributed by atoms with Crippen molar-refractivity contribution in [1.82, 2.24) is 4.98 Å². The standard InChI is InChI=1S/C13H21NS/c1-2-3-4-5-6-10-13(15)12-9-7-8-11-14-12/h7-9,11,13,15H,2-6,10H2,1H3. The highest BCUT2D eigenvalue weighted by atomic mass is 32.1. The van der Waals surface area contributed by atoms with E-state index >= 15 is 0 Å². The van der Waals surface area contributed by atoms with Crippen LogP contribution < -0.4 is 0 Å². The molecule has 1 unspecified atom stereocenters. The van der Waals surface area contributed by atoms with E-state index in [9.17, 15) is 0 Å². The molecule has 0 saturated carbocycles. The highest BCUT2D eigenvalue weighted by Gasteiger charge is 2.06. The van der Waals surface area contributed by atoms with E-state index in [4.69, 9.17) is 0 Å². The number of hydrogen-bond acceptors (Lipinski definition) is 2. The van der Waals surface area contributed by atoms with E-state index < -0.39 is 0 Å². The van der Waals surface area contributed by atoms with Gasteiger partial charge in [-0.15, -0.1) is 0 Å². The number of thiol groups is 1. The molecule has 1 aromatic rings. The first-order valence-electron chi connectivity index (χ1n) is 5.93. The van der Waals surface area contributed by atoms with Gasteiger partial charge in [0, 0.05) is 11.4 Å². The predicted octanol–water partition coefficient (Wildman–Crippen LogP) is 4.41. The second kappa shape index (κ2) is 7.75. The molecule has 0 aliphatic carbocycles. The summed E-state index contributed by atoms with van der Waals surface area (Å²) in [7, 11) is 0. The minimum absolute atomic E-state index is 0.313. The third-order valence-electron chi connectivity index (χ3n) is 2.61. The summed E-state index contributed by atoms with van der Waals surface area (Å²) in [6.45, 7) is 2.25. The van der Waals surface area contributed by atoms with E-state index in [1.54, 1.807) is 0 Å². The van der Waals surface area contributed by atoms with Gasteiger partial charge in [-0.05, 0) is 18.6 Å². The first-order chi connectivity index (χ1) is 7.34. The molecule has 0 spiro atoms. The minimum Gasteiger partial charge on any atom is -0.260 e. The molecule has 0 aliphatic heterocycles. The quantitative estimate of drug-likeness (QED) is 0.533. The van der Waals surface area contributed by atoms with Gasteiger partial charge in [-0.3, -0.25) is 4.98 Å². The van der Waals surface area contributed by atoms with Gasteiger partial charge in [-0.2, -0.15) is 12.6 Å². The van der Waals surface area contributed by atoms with Gasteiger partial charge in [-0.1, -0.05) is 45.1 Å². The molecule has 15 heavy (non-hydrogen) atoms. The molecule has 1 atom stereocenters. The Bertz CT molecular complexity index is 248. The maximum atomic E-state index is 4.58. The molecule has 0 bridgehead atoms. The number of unbranched alkanes of at least 4 members (excludes halogenated alkanes) is 4. The summed E-state index contributed by atoms with van der Waals surface area (Å²) >= 11 is 4.58. The zero-order valence-corrected chi connectivity index (χ0v) is 10.4. The Morgan fingerprint density at radius 3 is 2.67 bits per heavy atom. The molecule has 1 heterocycles. The van der Waals surface area contributed by atoms with Crippen molar-refractivity contribution >= 4 is 12.6 Å². The van der Waals surface area contributed by atoms with Gasteiger partial charge >= 0.3 is 0 Å². The van der Waals surface area contributed by atoms with Crippen molar-refractivity contribution in [3.63, 3.8) is 0 Å². The number of nitrogens with zero attached hydrogens (tertiary/aromatic N) is 1. The highest BCUT2D eigenvalue weighted by molar-refractivity contribution is 7.80. The van der Waals surface area contributed by atoms with E-state index in [-0.39, 0.29) is 0 Å². The first kappa shape index (κ1) is 12.6. The molecule has 0 aliphatic rings. The van der Waals surface area contributed by atoms with Gasteiger partial charge in [0.15, 0.2) is 0 Å². The van der Waals surface area contributed by atoms with Crippen LogP contribution in [0, 0.1) is 0 Å². The Hall–Kier alpha value is -0.500. The topological polar surface area (TPSA) is 12.9 Å². The van der Waals surface area contributed by atoms with Crippen LogP contribution in [0.3, 0.4) is 0 Å². The Kier molecular flexibility index (Phi) is 6.49. The van der Waals surface area contributed by atoms with E-state index in [0.29, 0.717) is 5.25 Å². The summed E-state index contributed by atoms with van der Waals surface area (Å²) < 4.78 is 0. The molecule has 1 aromatic heterocycles. The number of pyridine rings is 1. The van der Waals surface area contributed by atoms with Gasteiger partial charge in [0.2, 0.25) is 0 Å². The summed E-state index contributed by atoms with van der Waals surface area (Å²) in [5, 5.41) is 0.313. The van der Waals surface area contributed by atoms with Gasteiger partial charge in [0.1, 0.15) is 0 Å². The summed E-state index contributed by atoms with van der Waals surface area (Å²) in [6, 6.07) is 6.04. The van der Waals surface area contributed by atoms with Crippen LogP contribution in [0.2, 0.25) is 0 Å². The molecular formula is C13H21NS. The lowest BCUT2D eigenvalue weighted by Gasteiger charge is -2.09. The molecular weight excluding hydrogens is 202 g/mol. The largest absolute Gasteiger partial charge is 0.260 e. The Morgan fingerprint density at radius 2 is 2.00 bits per heavy atom. The molecule has 1 rings (SSSR count). The first-order valence-corrected chi connectivity index (χ1v) is 6.45. The fraction of sp³-hybridized carbons (Fsp3) is 0.615. The van der Waals surface area contributed by atoms with Crippen LogP contribution in [0.1, 0.15) is 56.4 Å². The molecule has 0 radical (unpaired) electrons. The second-order valence-corrected chi connectivity index (χ2v) is 4.60. The summed E-state index contributed by atoms with van der Waals surface area (Å²) in [4.78, 5) is 4.32. The van der Waals surface area contributed by atoms with E-state index in [2.05, 4.69) is 30.6 Å². The summed E-state index contributed by atoms with van der Waals surface area (Å²) in [5.41, 5.74) is 1.11. The van der Waals surface area contributed by atoms with E-state index in [1.165, 1.54) is 32.1 Å². The molecule has 0 N–H and O–H groups in total. The van der Waals surface area contributed by atoms with Crippen LogP contribution in [0.25, 0.3) is 0 Å². The fourth-order valence-electron chi connectivity index (χ4n) is 1.66. The van der Waals surface area contributed by atoms with Crippen molar-refractivity contribution in [3.05, 3.63) is 30.1 Å². The summed E-state index contributed by atoms with van der Waals surface area (Å²) in [5.74, 6) is 0. The van der Waals surface area contributed by atoms with E-state index in [1.807, 2.05) is 18.3 Å². The van der Waals surface area contributed by atoms with E-state index in [0.717, 1.165) is 12.1 Å². The van der Waals surface area contributed by atoms with Crippen molar-refractivity contribution in [2.45, 2.75) is 50.7 Å². The van der Waals surface area contributed by atoms with Crippen LogP contribution in [-0.4, -0.2) is 4.98 Å². The van der Waals surface area contributed by atoms with Crippen molar-refractivity contribution in [2.24, 2.45) is 0 Å². The van der Waals surface area contributed by atoms with Gasteiger partial charge < -0.3 is 0 Å². The predicted molar refractivity (Wildman–Crippen MR) is 69.3 cm³/mol. The van der Waals surface area contributed by atoms with Crippen molar-refractivity contribution in [3.8, 4) is 0 Å². The highest BCUT2D eigenvalue weighted by Crippen LogP contribution is 2.24. The Labute approximate surface area is 98.7 Å². The smallest absolute Gasteiger partial charge is 0.0530 e. The maximum absolute atomic E-state index is 4.58. The molecule has 84 valence electrons. The lowest BCUT2D eigenvalue weighted by Crippen LogP contribution is -1.93. The molecule has 0 amide bonds. The number of hydrogen-bond donors (Lipinski definition) is 1. The second-order valence-electron chi connectivity index (χ2n) is 3.97. The zero-order chi connectivity index (χ0) is 10.9. The van der Waals surface area contributed by atoms with Gasteiger partial charge in [0.25, 0.3) is 0 Å². The van der Waals surface area contributed by atoms with Crippen molar-refractivity contribution in [1.29, 1.82) is 0 Å². The lowest BCUT2D eigenvalue weighted by molar-refractivity contribution is 0.601. The lowest BCUT2D eigenvalue weighted by atomic mass is 10.1. The van der Waals surface area contributed by atoms with Crippen LogP contribution in [-0.2, 0) is 0 Å². The molecule has 0 aromatic carbocycles. The average Bonchev–Trinajstić information content (AvgIpc) is 2.30. The molecule has 1 nitrogen and oxygen atoms in total. The van der Waals surface area contributed by atoms with Crippen LogP contribution in [0.4, 0.5) is 0 Å². The van der Waals surface area contributed by atoms with Crippen molar-refractivity contribution < 1.29 is 0 Å². The molecule has 2 heteroatoms. The zero-order valence-electron chi connectivity index (χ0n) is 9.52. The monoisotopic (exact) mass is 223 g/mol. The number of rotatable bonds is 7. The van der Waals surface area contributed by atoms with Crippen LogP contribution >= 0.6 is 12.6 Å². The SMILES string of the molecule is CCCCCCCC(S)c1ccccn1. The van der Waals surface area contributed by atoms with Crippen molar-refractivity contribution in [2.75, 3.05) is 0 Å². The third kappa shape index (κ3) is 5.22. The average molecular weight is 223 g/mol. The van der Waals surface area contributed by atoms with Crippen LogP contribution in [0.15, 0.2) is 24.4 Å². The Balaban J connectivity index is 2.16. The Morgan fingerprint density at radius 1 is 1.20 bits per heavy atom. The summed E-state index contributed by atoms with van der Waals surface area (Å²) in [6.07, 6.45) is 9.62. The third-order valence-corrected chi connectivity index (χ3v) is 3.13. The minimum atomic E-state index is 0.313. The molecule has 0 fully saturated rings.